The molecule has 3 N–H and O–H groups in total. The molecule has 1 heterocycles. The predicted octanol–water partition coefficient (Wildman–Crippen LogP) is 2.06. The lowest BCUT2D eigenvalue weighted by Crippen LogP contribution is -2.47. The molecule has 1 aromatic carbocycles. The minimum Gasteiger partial charge on any atom is -0.338 e. The van der Waals surface area contributed by atoms with E-state index in [2.05, 4.69) is 29.8 Å². The molecule has 1 fully saturated rings. The van der Waals surface area contributed by atoms with E-state index in [1.807, 2.05) is 26.0 Å². The number of nitrogens with one attached hydrogen (secondary N) is 3. The van der Waals surface area contributed by atoms with Crippen molar-refractivity contribution in [2.45, 2.75) is 46.1 Å². The van der Waals surface area contributed by atoms with E-state index >= 15 is 0 Å². The molecule has 1 aliphatic heterocycles. The van der Waals surface area contributed by atoms with E-state index in [0.717, 1.165) is 10.5 Å². The fourth-order valence-corrected chi connectivity index (χ4v) is 2.89. The summed E-state index contributed by atoms with van der Waals surface area (Å²) >= 11 is 0. The third-order valence-electron chi connectivity index (χ3n) is 4.66. The Kier molecular flexibility index (Phi) is 6.43. The molecule has 2 rings (SSSR count). The van der Waals surface area contributed by atoms with Gasteiger partial charge in [0.25, 0.3) is 5.91 Å². The van der Waals surface area contributed by atoms with Crippen molar-refractivity contribution in [3.8, 4) is 0 Å². The number of carbonyl (C=O) groups is 4. The first-order chi connectivity index (χ1) is 13.0. The number of carbonyl (C=O) groups excluding carboxylic acids is 4. The molecule has 1 saturated heterocycles. The lowest BCUT2D eigenvalue weighted by atomic mass is 9.90. The van der Waals surface area contributed by atoms with Crippen LogP contribution in [0.3, 0.4) is 0 Å². The third-order valence-corrected chi connectivity index (χ3v) is 4.66. The fraction of sp³-hybridized carbons (Fsp3) is 0.500. The number of imide groups is 2. The van der Waals surface area contributed by atoms with Crippen molar-refractivity contribution >= 4 is 23.9 Å². The molecule has 0 bridgehead atoms. The average molecular weight is 388 g/mol. The molecule has 0 radical (unpaired) electrons. The first-order valence-electron chi connectivity index (χ1n) is 9.36. The Morgan fingerprint density at radius 3 is 2.25 bits per heavy atom. The van der Waals surface area contributed by atoms with Crippen LogP contribution in [-0.4, -0.2) is 41.9 Å². The van der Waals surface area contributed by atoms with Crippen molar-refractivity contribution in [2.24, 2.45) is 5.92 Å². The summed E-state index contributed by atoms with van der Waals surface area (Å²) in [7, 11) is 0. The predicted molar refractivity (Wildman–Crippen MR) is 105 cm³/mol. The largest absolute Gasteiger partial charge is 0.338 e. The second kappa shape index (κ2) is 8.41. The lowest BCUT2D eigenvalue weighted by Gasteiger charge is -2.22. The molecular formula is C20H28N4O4. The van der Waals surface area contributed by atoms with Crippen LogP contribution in [0.1, 0.15) is 51.7 Å². The van der Waals surface area contributed by atoms with Gasteiger partial charge in [0.1, 0.15) is 12.1 Å². The Morgan fingerprint density at radius 2 is 1.71 bits per heavy atom. The second-order valence-electron chi connectivity index (χ2n) is 7.88. The number of urea groups is 2. The van der Waals surface area contributed by atoms with E-state index in [4.69, 9.17) is 0 Å². The maximum atomic E-state index is 12.9. The van der Waals surface area contributed by atoms with Gasteiger partial charge >= 0.3 is 12.1 Å². The van der Waals surface area contributed by atoms with Crippen LogP contribution in [0.5, 0.6) is 0 Å². The highest BCUT2D eigenvalue weighted by molar-refractivity contribution is 6.10. The van der Waals surface area contributed by atoms with Crippen molar-refractivity contribution < 1.29 is 19.2 Å². The Labute approximate surface area is 165 Å². The maximum absolute atomic E-state index is 12.9. The van der Waals surface area contributed by atoms with Crippen molar-refractivity contribution in [3.63, 3.8) is 0 Å². The van der Waals surface area contributed by atoms with E-state index in [0.29, 0.717) is 18.0 Å². The van der Waals surface area contributed by atoms with Gasteiger partial charge in [-0.05, 0) is 29.9 Å². The molecule has 1 aliphatic rings. The molecule has 8 heteroatoms. The van der Waals surface area contributed by atoms with Gasteiger partial charge in [0.2, 0.25) is 5.91 Å². The minimum absolute atomic E-state index is 0.231. The molecule has 28 heavy (non-hydrogen) atoms. The third kappa shape index (κ3) is 4.68. The second-order valence-corrected chi connectivity index (χ2v) is 7.88. The molecule has 0 spiro atoms. The quantitative estimate of drug-likeness (QED) is 0.648. The standard InChI is InChI=1S/C20H28N4O4/c1-12(2)10-21-18(27)22-16(25)11-24-17(26)20(5,23-19(24)28)15-8-6-14(7-9-15)13(3)4/h6-9,12-13H,10-11H2,1-5H3,(H,23,28)(H2,21,22,25,27)/t20-/m0/s1. The highest BCUT2D eigenvalue weighted by Crippen LogP contribution is 2.29. The maximum Gasteiger partial charge on any atom is 0.325 e. The van der Waals surface area contributed by atoms with Gasteiger partial charge in [-0.15, -0.1) is 0 Å². The van der Waals surface area contributed by atoms with Gasteiger partial charge in [-0.2, -0.15) is 0 Å². The molecule has 0 unspecified atom stereocenters. The zero-order valence-electron chi connectivity index (χ0n) is 17.0. The summed E-state index contributed by atoms with van der Waals surface area (Å²) in [5.41, 5.74) is 0.493. The SMILES string of the molecule is CC(C)CNC(=O)NC(=O)CN1C(=O)N[C@@](C)(c2ccc(C(C)C)cc2)C1=O. The number of benzene rings is 1. The van der Waals surface area contributed by atoms with Crippen LogP contribution in [0.25, 0.3) is 0 Å². The number of hydrogen-bond donors (Lipinski definition) is 3. The molecule has 8 nitrogen and oxygen atoms in total. The lowest BCUT2D eigenvalue weighted by molar-refractivity contribution is -0.134. The van der Waals surface area contributed by atoms with E-state index < -0.39 is 36.0 Å². The summed E-state index contributed by atoms with van der Waals surface area (Å²) < 4.78 is 0. The Bertz CT molecular complexity index is 773. The summed E-state index contributed by atoms with van der Waals surface area (Å²) in [5, 5.41) is 7.32. The van der Waals surface area contributed by atoms with Crippen molar-refractivity contribution in [1.82, 2.24) is 20.9 Å². The van der Waals surface area contributed by atoms with Crippen molar-refractivity contribution in [2.75, 3.05) is 13.1 Å². The first-order valence-corrected chi connectivity index (χ1v) is 9.36. The van der Waals surface area contributed by atoms with Gasteiger partial charge in [-0.3, -0.25) is 19.8 Å². The Hall–Kier alpha value is -2.90. The molecular weight excluding hydrogens is 360 g/mol. The molecule has 152 valence electrons. The monoisotopic (exact) mass is 388 g/mol. The van der Waals surface area contributed by atoms with Crippen LogP contribution in [0.4, 0.5) is 9.59 Å². The van der Waals surface area contributed by atoms with Crippen LogP contribution in [-0.2, 0) is 15.1 Å². The van der Waals surface area contributed by atoms with Gasteiger partial charge in [0.15, 0.2) is 0 Å². The zero-order chi connectivity index (χ0) is 21.1. The van der Waals surface area contributed by atoms with Crippen LogP contribution < -0.4 is 16.0 Å². The molecule has 0 aliphatic carbocycles. The van der Waals surface area contributed by atoms with Crippen LogP contribution in [0.2, 0.25) is 0 Å². The van der Waals surface area contributed by atoms with Crippen molar-refractivity contribution in [1.29, 1.82) is 0 Å². The summed E-state index contributed by atoms with van der Waals surface area (Å²) in [4.78, 5) is 49.7. The van der Waals surface area contributed by atoms with E-state index in [-0.39, 0.29) is 5.92 Å². The number of hydrogen-bond acceptors (Lipinski definition) is 4. The first kappa shape index (κ1) is 21.4. The number of nitrogens with zero attached hydrogens (tertiary/aromatic N) is 1. The molecule has 1 aromatic rings. The van der Waals surface area contributed by atoms with Crippen LogP contribution in [0, 0.1) is 5.92 Å². The van der Waals surface area contributed by atoms with E-state index in [1.165, 1.54) is 0 Å². The van der Waals surface area contributed by atoms with E-state index in [9.17, 15) is 19.2 Å². The molecule has 0 saturated carbocycles. The van der Waals surface area contributed by atoms with Crippen LogP contribution in [0.15, 0.2) is 24.3 Å². The van der Waals surface area contributed by atoms with Gasteiger partial charge in [0.05, 0.1) is 0 Å². The zero-order valence-corrected chi connectivity index (χ0v) is 17.0. The summed E-state index contributed by atoms with van der Waals surface area (Å²) in [6.07, 6.45) is 0. The molecule has 0 aromatic heterocycles. The van der Waals surface area contributed by atoms with Gasteiger partial charge < -0.3 is 10.6 Å². The van der Waals surface area contributed by atoms with Gasteiger partial charge in [-0.25, -0.2) is 9.59 Å². The Balaban J connectivity index is 2.06. The smallest absolute Gasteiger partial charge is 0.325 e. The highest BCUT2D eigenvalue weighted by Gasteiger charge is 2.49. The molecule has 6 amide bonds. The van der Waals surface area contributed by atoms with Crippen molar-refractivity contribution in [3.05, 3.63) is 35.4 Å². The summed E-state index contributed by atoms with van der Waals surface area (Å²) in [5.74, 6) is -0.691. The van der Waals surface area contributed by atoms with E-state index in [1.54, 1.807) is 19.1 Å². The average Bonchev–Trinajstić information content (AvgIpc) is 2.84. The summed E-state index contributed by atoms with van der Waals surface area (Å²) in [6, 6.07) is 6.11. The normalized spacial score (nSPS) is 19.2. The molecule has 1 atom stereocenters. The number of rotatable bonds is 6. The minimum atomic E-state index is -1.26. The number of amides is 6. The van der Waals surface area contributed by atoms with Gasteiger partial charge in [-0.1, -0.05) is 52.0 Å². The highest BCUT2D eigenvalue weighted by atomic mass is 16.2. The fourth-order valence-electron chi connectivity index (χ4n) is 2.89. The topological polar surface area (TPSA) is 108 Å². The van der Waals surface area contributed by atoms with Crippen LogP contribution >= 0.6 is 0 Å². The Morgan fingerprint density at radius 1 is 1.11 bits per heavy atom. The summed E-state index contributed by atoms with van der Waals surface area (Å²) in [6.45, 7) is 9.46. The van der Waals surface area contributed by atoms with Gasteiger partial charge in [0, 0.05) is 6.54 Å².